The van der Waals surface area contributed by atoms with Gasteiger partial charge in [0, 0.05) is 12.6 Å². The van der Waals surface area contributed by atoms with E-state index >= 15 is 0 Å². The first kappa shape index (κ1) is 22.3. The third kappa shape index (κ3) is 8.81. The van der Waals surface area contributed by atoms with Crippen LogP contribution >= 0.6 is 0 Å². The maximum absolute atomic E-state index is 12.2. The number of oxazole rings is 1. The number of hydrogen-bond donors (Lipinski definition) is 0. The molecule has 0 aliphatic heterocycles. The van der Waals surface area contributed by atoms with Crippen LogP contribution in [-0.2, 0) is 0 Å². The van der Waals surface area contributed by atoms with E-state index in [1.54, 1.807) is 18.5 Å². The molecule has 4 heteroatoms. The Morgan fingerprint density at radius 2 is 1.57 bits per heavy atom. The van der Waals surface area contributed by atoms with Gasteiger partial charge in [0.2, 0.25) is 5.78 Å². The summed E-state index contributed by atoms with van der Waals surface area (Å²) in [7, 11) is 0. The summed E-state index contributed by atoms with van der Waals surface area (Å²) in [6.07, 6.45) is 24.8. The van der Waals surface area contributed by atoms with E-state index in [0.29, 0.717) is 17.5 Å². The van der Waals surface area contributed by atoms with E-state index in [1.165, 1.54) is 70.6 Å². The zero-order valence-electron chi connectivity index (χ0n) is 17.5. The minimum absolute atomic E-state index is 0.00572. The van der Waals surface area contributed by atoms with Crippen LogP contribution in [0.5, 0.6) is 0 Å². The Balaban J connectivity index is 1.42. The molecule has 28 heavy (non-hydrogen) atoms. The van der Waals surface area contributed by atoms with Gasteiger partial charge < -0.3 is 4.42 Å². The smallest absolute Gasteiger partial charge is 0.264 e. The summed E-state index contributed by atoms with van der Waals surface area (Å²) in [4.78, 5) is 20.4. The van der Waals surface area contributed by atoms with E-state index < -0.39 is 0 Å². The van der Waals surface area contributed by atoms with Crippen molar-refractivity contribution in [1.29, 1.82) is 0 Å². The predicted octanol–water partition coefficient (Wildman–Crippen LogP) is 7.44. The van der Waals surface area contributed by atoms with Gasteiger partial charge in [0.05, 0.1) is 6.20 Å². The molecule has 154 valence electrons. The Bertz CT molecular complexity index is 672. The number of rotatable bonds is 16. The van der Waals surface area contributed by atoms with Crippen molar-refractivity contribution in [2.75, 3.05) is 0 Å². The fraction of sp³-hybridized carbons (Fsp3) is 0.625. The fourth-order valence-corrected chi connectivity index (χ4v) is 3.36. The lowest BCUT2D eigenvalue weighted by Gasteiger charge is -2.00. The molecular formula is C24H36N2O2. The van der Waals surface area contributed by atoms with Crippen LogP contribution in [0.4, 0.5) is 0 Å². The van der Waals surface area contributed by atoms with Crippen LogP contribution in [0.2, 0.25) is 0 Å². The van der Waals surface area contributed by atoms with Crippen molar-refractivity contribution >= 4 is 16.9 Å². The Labute approximate surface area is 169 Å². The number of unbranched alkanes of at least 4 members (excludes halogenated alkanes) is 11. The highest BCUT2D eigenvalue weighted by Gasteiger charge is 2.13. The average Bonchev–Trinajstić information content (AvgIpc) is 3.15. The highest BCUT2D eigenvalue weighted by atomic mass is 16.4. The number of nitrogens with zero attached hydrogens (tertiary/aromatic N) is 2. The Kier molecular flexibility index (Phi) is 11.2. The molecular weight excluding hydrogens is 348 g/mol. The number of hydrogen-bond acceptors (Lipinski definition) is 4. The van der Waals surface area contributed by atoms with Gasteiger partial charge in [-0.15, -0.1) is 0 Å². The van der Waals surface area contributed by atoms with Crippen LogP contribution in [0.25, 0.3) is 11.1 Å². The van der Waals surface area contributed by atoms with Crippen LogP contribution in [-0.4, -0.2) is 15.8 Å². The number of pyridine rings is 1. The lowest BCUT2D eigenvalue weighted by atomic mass is 10.1. The first-order chi connectivity index (χ1) is 13.8. The summed E-state index contributed by atoms with van der Waals surface area (Å²) < 4.78 is 5.47. The number of ketones is 1. The average molecular weight is 385 g/mol. The zero-order chi connectivity index (χ0) is 19.9. The molecule has 2 heterocycles. The standard InChI is InChI=1S/C24H36N2O2/c1-2-3-4-5-6-7-8-9-10-11-12-13-14-15-16-17-22(27)24-26-21-18-19-25-20-23(21)28-24/h9-10,18-20H,2-8,11-17H2,1H3. The third-order valence-corrected chi connectivity index (χ3v) is 5.10. The van der Waals surface area contributed by atoms with Crippen LogP contribution < -0.4 is 0 Å². The molecule has 0 bridgehead atoms. The molecule has 2 rings (SSSR count). The molecule has 0 aromatic carbocycles. The zero-order valence-corrected chi connectivity index (χ0v) is 17.5. The number of Topliss-reactive ketones (excluding diaryl/α,β-unsaturated/α-hetero) is 1. The molecule has 0 N–H and O–H groups in total. The topological polar surface area (TPSA) is 56.0 Å². The minimum atomic E-state index is -0.00572. The monoisotopic (exact) mass is 384 g/mol. The molecule has 0 unspecified atom stereocenters. The lowest BCUT2D eigenvalue weighted by molar-refractivity contribution is 0.0947. The summed E-state index contributed by atoms with van der Waals surface area (Å²) >= 11 is 0. The molecule has 2 aromatic heterocycles. The van der Waals surface area contributed by atoms with E-state index in [0.717, 1.165) is 12.8 Å². The highest BCUT2D eigenvalue weighted by molar-refractivity contribution is 5.93. The van der Waals surface area contributed by atoms with Crippen LogP contribution in [0.15, 0.2) is 35.0 Å². The van der Waals surface area contributed by atoms with Crippen molar-refractivity contribution in [3.05, 3.63) is 36.5 Å². The van der Waals surface area contributed by atoms with Gasteiger partial charge in [-0.2, -0.15) is 0 Å². The van der Waals surface area contributed by atoms with E-state index in [-0.39, 0.29) is 11.7 Å². The molecule has 0 aliphatic carbocycles. The second-order valence-electron chi connectivity index (χ2n) is 7.62. The normalized spacial score (nSPS) is 11.6. The lowest BCUT2D eigenvalue weighted by Crippen LogP contribution is -1.98. The van der Waals surface area contributed by atoms with Crippen molar-refractivity contribution in [2.45, 2.75) is 96.8 Å². The van der Waals surface area contributed by atoms with Crippen molar-refractivity contribution in [2.24, 2.45) is 0 Å². The molecule has 2 aromatic rings. The van der Waals surface area contributed by atoms with Gasteiger partial charge >= 0.3 is 0 Å². The largest absolute Gasteiger partial charge is 0.432 e. The number of aromatic nitrogens is 2. The number of carbonyl (C=O) groups excluding carboxylic acids is 1. The molecule has 0 atom stereocenters. The number of carbonyl (C=O) groups is 1. The summed E-state index contributed by atoms with van der Waals surface area (Å²) in [5, 5.41) is 0. The van der Waals surface area contributed by atoms with Gasteiger partial charge in [-0.05, 0) is 38.2 Å². The maximum atomic E-state index is 12.2. The van der Waals surface area contributed by atoms with Gasteiger partial charge in [0.1, 0.15) is 5.52 Å². The van der Waals surface area contributed by atoms with Gasteiger partial charge in [-0.25, -0.2) is 4.98 Å². The highest BCUT2D eigenvalue weighted by Crippen LogP contribution is 2.16. The fourth-order valence-electron chi connectivity index (χ4n) is 3.36. The van der Waals surface area contributed by atoms with Gasteiger partial charge in [-0.1, -0.05) is 70.4 Å². The van der Waals surface area contributed by atoms with Gasteiger partial charge in [-0.3, -0.25) is 9.78 Å². The van der Waals surface area contributed by atoms with E-state index in [4.69, 9.17) is 4.42 Å². The molecule has 4 nitrogen and oxygen atoms in total. The first-order valence-corrected chi connectivity index (χ1v) is 11.2. The summed E-state index contributed by atoms with van der Waals surface area (Å²) in [5.74, 6) is 0.215. The van der Waals surface area contributed by atoms with Crippen LogP contribution in [0.1, 0.15) is 108 Å². The summed E-state index contributed by atoms with van der Waals surface area (Å²) in [5.41, 5.74) is 1.28. The SMILES string of the molecule is CCCCCCCCC=CCCCCCCCC(=O)c1nc2ccncc2o1. The van der Waals surface area contributed by atoms with E-state index in [9.17, 15) is 4.79 Å². The van der Waals surface area contributed by atoms with Crippen LogP contribution in [0, 0.1) is 0 Å². The van der Waals surface area contributed by atoms with E-state index in [1.807, 2.05) is 0 Å². The third-order valence-electron chi connectivity index (χ3n) is 5.10. The molecule has 0 saturated carbocycles. The molecule has 0 radical (unpaired) electrons. The van der Waals surface area contributed by atoms with Crippen molar-refractivity contribution < 1.29 is 9.21 Å². The van der Waals surface area contributed by atoms with Crippen molar-refractivity contribution in [3.63, 3.8) is 0 Å². The van der Waals surface area contributed by atoms with Crippen LogP contribution in [0.3, 0.4) is 0 Å². The Hall–Kier alpha value is -1.97. The predicted molar refractivity (Wildman–Crippen MR) is 116 cm³/mol. The minimum Gasteiger partial charge on any atom is -0.432 e. The van der Waals surface area contributed by atoms with E-state index in [2.05, 4.69) is 29.0 Å². The first-order valence-electron chi connectivity index (χ1n) is 11.2. The van der Waals surface area contributed by atoms with Gasteiger partial charge in [0.15, 0.2) is 5.58 Å². The number of fused-ring (bicyclic) bond motifs is 1. The molecule has 0 spiro atoms. The quantitative estimate of drug-likeness (QED) is 0.171. The second-order valence-corrected chi connectivity index (χ2v) is 7.62. The molecule has 0 saturated heterocycles. The Morgan fingerprint density at radius 3 is 2.25 bits per heavy atom. The molecule has 0 amide bonds. The molecule has 0 fully saturated rings. The second kappa shape index (κ2) is 14.1. The summed E-state index contributed by atoms with van der Waals surface area (Å²) in [6, 6.07) is 1.76. The summed E-state index contributed by atoms with van der Waals surface area (Å²) in [6.45, 7) is 2.26. The molecule has 0 aliphatic rings. The van der Waals surface area contributed by atoms with Gasteiger partial charge in [0.25, 0.3) is 5.89 Å². The Morgan fingerprint density at radius 1 is 0.929 bits per heavy atom. The number of allylic oxidation sites excluding steroid dienone is 2. The van der Waals surface area contributed by atoms with Crippen molar-refractivity contribution in [1.82, 2.24) is 9.97 Å². The van der Waals surface area contributed by atoms with Crippen molar-refractivity contribution in [3.8, 4) is 0 Å². The maximum Gasteiger partial charge on any atom is 0.264 e.